The molecule has 0 aromatic carbocycles. The van der Waals surface area contributed by atoms with E-state index in [0.717, 1.165) is 0 Å². The molecule has 7 nitrogen and oxygen atoms in total. The first kappa shape index (κ1) is 18.7. The van der Waals surface area contributed by atoms with Gasteiger partial charge in [-0.1, -0.05) is 13.8 Å². The summed E-state index contributed by atoms with van der Waals surface area (Å²) in [5.41, 5.74) is -1.76. The molecular weight excluding hydrogens is 338 g/mol. The molecule has 2 bridgehead atoms. The van der Waals surface area contributed by atoms with Crippen LogP contribution in [0.15, 0.2) is 0 Å². The Morgan fingerprint density at radius 1 is 1.42 bits per heavy atom. The number of nitrogens with zero attached hydrogens (tertiary/aromatic N) is 1. The van der Waals surface area contributed by atoms with E-state index in [2.05, 4.69) is 6.07 Å². The summed E-state index contributed by atoms with van der Waals surface area (Å²) in [6.07, 6.45) is 0.423. The van der Waals surface area contributed by atoms with Crippen molar-refractivity contribution in [1.29, 1.82) is 5.26 Å². The van der Waals surface area contributed by atoms with Gasteiger partial charge in [0.05, 0.1) is 11.5 Å². The number of esters is 3. The second-order valence-electron chi connectivity index (χ2n) is 8.38. The van der Waals surface area contributed by atoms with Crippen molar-refractivity contribution in [3.63, 3.8) is 0 Å². The lowest BCUT2D eigenvalue weighted by molar-refractivity contribution is -0.178. The zero-order valence-electron chi connectivity index (χ0n) is 15.6. The van der Waals surface area contributed by atoms with Gasteiger partial charge < -0.3 is 14.2 Å². The van der Waals surface area contributed by atoms with E-state index in [1.165, 1.54) is 0 Å². The minimum Gasteiger partial charge on any atom is -0.457 e. The lowest BCUT2D eigenvalue weighted by Gasteiger charge is -2.36. The van der Waals surface area contributed by atoms with Gasteiger partial charge in [-0.25, -0.2) is 4.79 Å². The Morgan fingerprint density at radius 2 is 2.12 bits per heavy atom. The Labute approximate surface area is 153 Å². The molecule has 1 heterocycles. The van der Waals surface area contributed by atoms with Crippen LogP contribution in [0.2, 0.25) is 0 Å². The fourth-order valence-corrected chi connectivity index (χ4v) is 4.56. The maximum absolute atomic E-state index is 12.3. The first-order chi connectivity index (χ1) is 12.2. The molecule has 1 saturated heterocycles. The molecule has 0 spiro atoms. The number of carbonyl (C=O) groups is 3. The van der Waals surface area contributed by atoms with Crippen molar-refractivity contribution in [3.05, 3.63) is 0 Å². The van der Waals surface area contributed by atoms with Crippen LogP contribution in [0.1, 0.15) is 47.0 Å². The van der Waals surface area contributed by atoms with Gasteiger partial charge in [-0.15, -0.1) is 0 Å². The average Bonchev–Trinajstić information content (AvgIpc) is 2.99. The number of carbonyl (C=O) groups excluding carboxylic acids is 3. The summed E-state index contributed by atoms with van der Waals surface area (Å²) in [6.45, 7) is 6.93. The van der Waals surface area contributed by atoms with E-state index in [9.17, 15) is 19.6 Å². The molecule has 2 saturated carbocycles. The monoisotopic (exact) mass is 363 g/mol. The van der Waals surface area contributed by atoms with Crippen LogP contribution >= 0.6 is 0 Å². The number of hydrogen-bond donors (Lipinski definition) is 0. The van der Waals surface area contributed by atoms with Crippen LogP contribution in [0.25, 0.3) is 0 Å². The number of nitriles is 1. The molecule has 1 aliphatic heterocycles. The summed E-state index contributed by atoms with van der Waals surface area (Å²) < 4.78 is 16.0. The van der Waals surface area contributed by atoms with Crippen LogP contribution in [0, 0.1) is 39.9 Å². The van der Waals surface area contributed by atoms with Gasteiger partial charge in [0, 0.05) is 5.92 Å². The van der Waals surface area contributed by atoms with Crippen molar-refractivity contribution in [3.8, 4) is 6.07 Å². The number of ether oxygens (including phenoxy) is 3. The van der Waals surface area contributed by atoms with Crippen LogP contribution in [0.4, 0.5) is 0 Å². The van der Waals surface area contributed by atoms with E-state index in [0.29, 0.717) is 19.3 Å². The molecule has 3 rings (SSSR count). The van der Waals surface area contributed by atoms with Crippen molar-refractivity contribution in [2.24, 2.45) is 28.6 Å². The van der Waals surface area contributed by atoms with Gasteiger partial charge in [-0.2, -0.15) is 5.26 Å². The predicted molar refractivity (Wildman–Crippen MR) is 88.2 cm³/mol. The van der Waals surface area contributed by atoms with Gasteiger partial charge in [-0.3, -0.25) is 9.59 Å². The molecule has 6 atom stereocenters. The predicted octanol–water partition coefficient (Wildman–Crippen LogP) is 1.99. The SMILES string of the molecule is CCC(C)(C)C(=O)OCC(=O)OC1CC2CC3(C#N)C(=O)OC1C3C2C. The Morgan fingerprint density at radius 3 is 2.73 bits per heavy atom. The molecule has 0 amide bonds. The van der Waals surface area contributed by atoms with E-state index in [1.54, 1.807) is 13.8 Å². The highest BCUT2D eigenvalue weighted by molar-refractivity contribution is 5.84. The Kier molecular flexibility index (Phi) is 4.50. The number of fused-ring (bicyclic) bond motifs is 1. The molecule has 2 aliphatic carbocycles. The third-order valence-electron chi connectivity index (χ3n) is 6.57. The smallest absolute Gasteiger partial charge is 0.344 e. The third-order valence-corrected chi connectivity index (χ3v) is 6.57. The Bertz CT molecular complexity index is 680. The second-order valence-corrected chi connectivity index (χ2v) is 8.38. The second kappa shape index (κ2) is 6.26. The molecule has 7 heteroatoms. The van der Waals surface area contributed by atoms with E-state index in [4.69, 9.17) is 14.2 Å². The van der Waals surface area contributed by atoms with Crippen LogP contribution in [0.3, 0.4) is 0 Å². The molecule has 3 aliphatic rings. The summed E-state index contributed by atoms with van der Waals surface area (Å²) >= 11 is 0. The highest BCUT2D eigenvalue weighted by Gasteiger charge is 2.70. The molecular formula is C19H25NO6. The highest BCUT2D eigenvalue weighted by Crippen LogP contribution is 2.62. The summed E-state index contributed by atoms with van der Waals surface area (Å²) in [7, 11) is 0. The summed E-state index contributed by atoms with van der Waals surface area (Å²) in [5, 5.41) is 9.58. The van der Waals surface area contributed by atoms with Gasteiger partial charge in [0.1, 0.15) is 12.2 Å². The fourth-order valence-electron chi connectivity index (χ4n) is 4.56. The van der Waals surface area contributed by atoms with Crippen LogP contribution in [0.5, 0.6) is 0 Å². The Hall–Kier alpha value is -2.10. The molecule has 0 radical (unpaired) electrons. The fraction of sp³-hybridized carbons (Fsp3) is 0.789. The number of hydrogen-bond acceptors (Lipinski definition) is 7. The first-order valence-corrected chi connectivity index (χ1v) is 9.15. The van der Waals surface area contributed by atoms with Crippen molar-refractivity contribution >= 4 is 17.9 Å². The van der Waals surface area contributed by atoms with E-state index < -0.39 is 47.6 Å². The standard InChI is InChI=1S/C19H25NO6/c1-5-18(3,4)16(22)24-8-13(21)25-12-6-11-7-19(9-20)14(10(11)2)15(12)26-17(19)23/h10-12,14-15H,5-8H2,1-4H3. The average molecular weight is 363 g/mol. The van der Waals surface area contributed by atoms with E-state index in [1.807, 2.05) is 13.8 Å². The van der Waals surface area contributed by atoms with Crippen molar-refractivity contribution in [1.82, 2.24) is 0 Å². The molecule has 26 heavy (non-hydrogen) atoms. The van der Waals surface area contributed by atoms with Crippen LogP contribution < -0.4 is 0 Å². The van der Waals surface area contributed by atoms with Crippen LogP contribution in [-0.2, 0) is 28.6 Å². The lowest BCUT2D eigenvalue weighted by Crippen LogP contribution is -2.44. The van der Waals surface area contributed by atoms with Crippen molar-refractivity contribution < 1.29 is 28.6 Å². The summed E-state index contributed by atoms with van der Waals surface area (Å²) in [4.78, 5) is 36.4. The van der Waals surface area contributed by atoms with Gasteiger partial charge in [0.15, 0.2) is 12.0 Å². The minimum absolute atomic E-state index is 0.142. The summed E-state index contributed by atoms with van der Waals surface area (Å²) in [6, 6.07) is 2.17. The molecule has 142 valence electrons. The van der Waals surface area contributed by atoms with Gasteiger partial charge in [-0.05, 0) is 44.9 Å². The maximum atomic E-state index is 12.3. The lowest BCUT2D eigenvalue weighted by atomic mass is 9.72. The minimum atomic E-state index is -1.10. The van der Waals surface area contributed by atoms with E-state index >= 15 is 0 Å². The number of rotatable bonds is 5. The largest absolute Gasteiger partial charge is 0.457 e. The quantitative estimate of drug-likeness (QED) is 0.543. The zero-order valence-corrected chi connectivity index (χ0v) is 15.6. The molecule has 0 aromatic rings. The normalized spacial score (nSPS) is 37.7. The van der Waals surface area contributed by atoms with Crippen molar-refractivity contribution in [2.75, 3.05) is 6.61 Å². The highest BCUT2D eigenvalue weighted by atomic mass is 16.6. The van der Waals surface area contributed by atoms with Crippen molar-refractivity contribution in [2.45, 2.75) is 59.2 Å². The third kappa shape index (κ3) is 2.67. The topological polar surface area (TPSA) is 103 Å². The zero-order chi connectivity index (χ0) is 19.3. The Balaban J connectivity index is 1.64. The molecule has 0 N–H and O–H groups in total. The van der Waals surface area contributed by atoms with Gasteiger partial charge >= 0.3 is 17.9 Å². The van der Waals surface area contributed by atoms with E-state index in [-0.39, 0.29) is 17.8 Å². The first-order valence-electron chi connectivity index (χ1n) is 9.15. The molecule has 3 fully saturated rings. The summed E-state index contributed by atoms with van der Waals surface area (Å²) in [5.74, 6) is -1.55. The van der Waals surface area contributed by atoms with Gasteiger partial charge in [0.2, 0.25) is 0 Å². The van der Waals surface area contributed by atoms with Crippen LogP contribution in [-0.4, -0.2) is 36.7 Å². The van der Waals surface area contributed by atoms with Gasteiger partial charge in [0.25, 0.3) is 0 Å². The molecule has 0 aromatic heterocycles. The molecule has 6 unspecified atom stereocenters. The maximum Gasteiger partial charge on any atom is 0.344 e.